The van der Waals surface area contributed by atoms with Gasteiger partial charge in [-0.15, -0.1) is 0 Å². The number of carbonyl (C=O) groups is 1. The van der Waals surface area contributed by atoms with Gasteiger partial charge in [0.05, 0.1) is 18.4 Å². The van der Waals surface area contributed by atoms with Crippen LogP contribution in [0.25, 0.3) is 0 Å². The maximum absolute atomic E-state index is 10.6. The van der Waals surface area contributed by atoms with Crippen molar-refractivity contribution in [3.8, 4) is 0 Å². The van der Waals surface area contributed by atoms with E-state index in [4.69, 9.17) is 22.4 Å². The summed E-state index contributed by atoms with van der Waals surface area (Å²) < 4.78 is 1.82. The molecule has 0 bridgehead atoms. The first-order valence-electron chi connectivity index (χ1n) is 4.72. The van der Waals surface area contributed by atoms with Gasteiger partial charge in [0.1, 0.15) is 0 Å². The van der Waals surface area contributed by atoms with Gasteiger partial charge in [-0.05, 0) is 6.92 Å². The molecule has 0 saturated heterocycles. The molecular formula is C9H14ClN3O2. The SMILES string of the molecule is CCn1cnc(Cl)c1C(CN)CC(=O)O. The van der Waals surface area contributed by atoms with Crippen molar-refractivity contribution in [1.82, 2.24) is 9.55 Å². The Morgan fingerprint density at radius 2 is 2.47 bits per heavy atom. The number of hydrogen-bond acceptors (Lipinski definition) is 3. The molecule has 0 spiro atoms. The molecular weight excluding hydrogens is 218 g/mol. The van der Waals surface area contributed by atoms with E-state index in [2.05, 4.69) is 4.98 Å². The van der Waals surface area contributed by atoms with E-state index in [0.717, 1.165) is 0 Å². The van der Waals surface area contributed by atoms with Crippen LogP contribution in [0.5, 0.6) is 0 Å². The molecule has 0 aromatic carbocycles. The van der Waals surface area contributed by atoms with Crippen molar-refractivity contribution < 1.29 is 9.90 Å². The second-order valence-electron chi connectivity index (χ2n) is 3.24. The number of nitrogens with zero attached hydrogens (tertiary/aromatic N) is 2. The third-order valence-corrected chi connectivity index (χ3v) is 2.56. The van der Waals surface area contributed by atoms with E-state index in [1.807, 2.05) is 11.5 Å². The lowest BCUT2D eigenvalue weighted by molar-refractivity contribution is -0.137. The first kappa shape index (κ1) is 12.0. The summed E-state index contributed by atoms with van der Waals surface area (Å²) in [6, 6.07) is 0. The minimum Gasteiger partial charge on any atom is -0.481 e. The van der Waals surface area contributed by atoms with E-state index in [1.165, 1.54) is 0 Å². The quantitative estimate of drug-likeness (QED) is 0.795. The molecule has 0 aliphatic carbocycles. The highest BCUT2D eigenvalue weighted by Gasteiger charge is 2.21. The monoisotopic (exact) mass is 231 g/mol. The zero-order chi connectivity index (χ0) is 11.4. The molecule has 84 valence electrons. The second-order valence-corrected chi connectivity index (χ2v) is 3.60. The van der Waals surface area contributed by atoms with Crippen LogP contribution < -0.4 is 5.73 Å². The molecule has 5 nitrogen and oxygen atoms in total. The van der Waals surface area contributed by atoms with E-state index in [0.29, 0.717) is 17.4 Å². The van der Waals surface area contributed by atoms with Gasteiger partial charge in [-0.25, -0.2) is 4.98 Å². The molecule has 1 rings (SSSR count). The number of aliphatic carboxylic acids is 1. The third kappa shape index (κ3) is 2.70. The van der Waals surface area contributed by atoms with Crippen LogP contribution >= 0.6 is 11.6 Å². The number of imidazole rings is 1. The summed E-state index contributed by atoms with van der Waals surface area (Å²) >= 11 is 5.90. The second kappa shape index (κ2) is 5.14. The molecule has 3 N–H and O–H groups in total. The predicted octanol–water partition coefficient (Wildman–Crippen LogP) is 1.07. The van der Waals surface area contributed by atoms with Crippen LogP contribution in [0.4, 0.5) is 0 Å². The lowest BCUT2D eigenvalue weighted by Gasteiger charge is -2.14. The summed E-state index contributed by atoms with van der Waals surface area (Å²) in [6.45, 7) is 2.89. The Morgan fingerprint density at radius 1 is 1.80 bits per heavy atom. The van der Waals surface area contributed by atoms with Crippen molar-refractivity contribution in [3.05, 3.63) is 17.2 Å². The standard InChI is InChI=1S/C9H14ClN3O2/c1-2-13-5-12-9(10)8(13)6(4-11)3-7(14)15/h5-6H,2-4,11H2,1H3,(H,14,15). The molecule has 1 unspecified atom stereocenters. The largest absolute Gasteiger partial charge is 0.481 e. The summed E-state index contributed by atoms with van der Waals surface area (Å²) in [7, 11) is 0. The minimum absolute atomic E-state index is 0.0259. The van der Waals surface area contributed by atoms with Gasteiger partial charge in [0.2, 0.25) is 0 Å². The van der Waals surface area contributed by atoms with E-state index >= 15 is 0 Å². The zero-order valence-electron chi connectivity index (χ0n) is 8.48. The molecule has 1 aromatic rings. The summed E-state index contributed by atoms with van der Waals surface area (Å²) in [5, 5.41) is 9.08. The number of aromatic nitrogens is 2. The van der Waals surface area contributed by atoms with Crippen molar-refractivity contribution in [1.29, 1.82) is 0 Å². The predicted molar refractivity (Wildman–Crippen MR) is 57.0 cm³/mol. The van der Waals surface area contributed by atoms with Gasteiger partial charge in [0.15, 0.2) is 5.15 Å². The van der Waals surface area contributed by atoms with Crippen LogP contribution in [0.2, 0.25) is 5.15 Å². The van der Waals surface area contributed by atoms with Crippen molar-refractivity contribution in [2.24, 2.45) is 5.73 Å². The first-order valence-corrected chi connectivity index (χ1v) is 5.10. The fourth-order valence-corrected chi connectivity index (χ4v) is 1.83. The van der Waals surface area contributed by atoms with E-state index in [-0.39, 0.29) is 18.9 Å². The Hall–Kier alpha value is -1.07. The Labute approximate surface area is 92.9 Å². The molecule has 0 fully saturated rings. The maximum Gasteiger partial charge on any atom is 0.304 e. The lowest BCUT2D eigenvalue weighted by Crippen LogP contribution is -2.19. The molecule has 0 amide bonds. The molecule has 0 radical (unpaired) electrons. The molecule has 0 saturated carbocycles. The number of halogens is 1. The van der Waals surface area contributed by atoms with Crippen molar-refractivity contribution >= 4 is 17.6 Å². The van der Waals surface area contributed by atoms with Crippen LogP contribution in [0, 0.1) is 0 Å². The van der Waals surface area contributed by atoms with Crippen molar-refractivity contribution in [3.63, 3.8) is 0 Å². The average Bonchev–Trinajstić information content (AvgIpc) is 2.56. The van der Waals surface area contributed by atoms with Crippen LogP contribution in [0.15, 0.2) is 6.33 Å². The average molecular weight is 232 g/mol. The zero-order valence-corrected chi connectivity index (χ0v) is 9.24. The van der Waals surface area contributed by atoms with Gasteiger partial charge in [-0.3, -0.25) is 4.79 Å². The molecule has 6 heteroatoms. The highest BCUT2D eigenvalue weighted by Crippen LogP contribution is 2.25. The van der Waals surface area contributed by atoms with Gasteiger partial charge < -0.3 is 15.4 Å². The lowest BCUT2D eigenvalue weighted by atomic mass is 10.0. The molecule has 15 heavy (non-hydrogen) atoms. The number of hydrogen-bond donors (Lipinski definition) is 2. The van der Waals surface area contributed by atoms with Crippen LogP contribution in [0.1, 0.15) is 25.0 Å². The molecule has 1 heterocycles. The van der Waals surface area contributed by atoms with Gasteiger partial charge in [-0.1, -0.05) is 11.6 Å². The Balaban J connectivity index is 2.99. The topological polar surface area (TPSA) is 81.1 Å². The Morgan fingerprint density at radius 3 is 2.93 bits per heavy atom. The highest BCUT2D eigenvalue weighted by molar-refractivity contribution is 6.30. The summed E-state index contributed by atoms with van der Waals surface area (Å²) in [5.41, 5.74) is 6.25. The Bertz CT molecular complexity index is 351. The fourth-order valence-electron chi connectivity index (χ4n) is 1.52. The fraction of sp³-hybridized carbons (Fsp3) is 0.556. The number of rotatable bonds is 5. The molecule has 0 aliphatic heterocycles. The summed E-state index contributed by atoms with van der Waals surface area (Å²) in [5.74, 6) is -1.16. The summed E-state index contributed by atoms with van der Waals surface area (Å²) in [4.78, 5) is 14.6. The smallest absolute Gasteiger partial charge is 0.304 e. The van der Waals surface area contributed by atoms with Crippen LogP contribution in [-0.4, -0.2) is 27.2 Å². The van der Waals surface area contributed by atoms with E-state index in [1.54, 1.807) is 6.33 Å². The third-order valence-electron chi connectivity index (χ3n) is 2.26. The minimum atomic E-state index is -0.884. The van der Waals surface area contributed by atoms with Crippen LogP contribution in [0.3, 0.4) is 0 Å². The highest BCUT2D eigenvalue weighted by atomic mass is 35.5. The number of carboxylic acids is 1. The summed E-state index contributed by atoms with van der Waals surface area (Å²) in [6.07, 6.45) is 1.57. The first-order chi connectivity index (χ1) is 7.10. The van der Waals surface area contributed by atoms with Gasteiger partial charge in [0, 0.05) is 19.0 Å². The number of aryl methyl sites for hydroxylation is 1. The normalized spacial score (nSPS) is 12.7. The van der Waals surface area contributed by atoms with Crippen LogP contribution in [-0.2, 0) is 11.3 Å². The number of carboxylic acid groups (broad SMARTS) is 1. The maximum atomic E-state index is 10.6. The van der Waals surface area contributed by atoms with E-state index in [9.17, 15) is 4.79 Å². The van der Waals surface area contributed by atoms with Gasteiger partial charge in [-0.2, -0.15) is 0 Å². The Kier molecular flexibility index (Phi) is 4.11. The molecule has 0 aliphatic rings. The molecule has 1 atom stereocenters. The van der Waals surface area contributed by atoms with Gasteiger partial charge >= 0.3 is 5.97 Å². The van der Waals surface area contributed by atoms with Crippen molar-refractivity contribution in [2.45, 2.75) is 25.8 Å². The van der Waals surface area contributed by atoms with Crippen molar-refractivity contribution in [2.75, 3.05) is 6.54 Å². The molecule has 1 aromatic heterocycles. The van der Waals surface area contributed by atoms with Gasteiger partial charge in [0.25, 0.3) is 0 Å². The number of nitrogens with two attached hydrogens (primary N) is 1. The van der Waals surface area contributed by atoms with E-state index < -0.39 is 5.97 Å².